The van der Waals surface area contributed by atoms with Crippen molar-refractivity contribution in [3.05, 3.63) is 33.8 Å². The third kappa shape index (κ3) is 3.25. The quantitative estimate of drug-likeness (QED) is 0.779. The molecule has 1 aromatic rings. The van der Waals surface area contributed by atoms with Gasteiger partial charge in [0, 0.05) is 53.4 Å². The van der Waals surface area contributed by atoms with Crippen molar-refractivity contribution < 1.29 is 0 Å². The Morgan fingerprint density at radius 3 is 2.75 bits per heavy atom. The summed E-state index contributed by atoms with van der Waals surface area (Å²) in [6.45, 7) is 5.59. The number of piperazine rings is 1. The summed E-state index contributed by atoms with van der Waals surface area (Å²) in [4.78, 5) is 6.19. The molecule has 1 saturated heterocycles. The van der Waals surface area contributed by atoms with Crippen LogP contribution in [0.15, 0.2) is 33.1 Å². The largest absolute Gasteiger partial charge is 0.304 e. The smallest absolute Gasteiger partial charge is 0.0503 e. The topological polar surface area (TPSA) is 6.48 Å². The summed E-state index contributed by atoms with van der Waals surface area (Å²) < 4.78 is 1.09. The molecule has 0 radical (unpaired) electrons. The number of rotatable bonds is 2. The van der Waals surface area contributed by atoms with E-state index in [2.05, 4.69) is 51.0 Å². The van der Waals surface area contributed by atoms with Crippen LogP contribution >= 0.6 is 39.3 Å². The lowest BCUT2D eigenvalue weighted by molar-refractivity contribution is 0.164. The summed E-state index contributed by atoms with van der Waals surface area (Å²) in [5.74, 6) is 1.01. The molecular weight excluding hydrogens is 356 g/mol. The highest BCUT2D eigenvalue weighted by Crippen LogP contribution is 2.40. The summed E-state index contributed by atoms with van der Waals surface area (Å²) in [6.07, 6.45) is 0. The van der Waals surface area contributed by atoms with Gasteiger partial charge in [0.25, 0.3) is 0 Å². The molecule has 1 aromatic carbocycles. The minimum absolute atomic E-state index is 0.957. The maximum Gasteiger partial charge on any atom is 0.0503 e. The maximum atomic E-state index is 6.64. The van der Waals surface area contributed by atoms with Gasteiger partial charge >= 0.3 is 0 Å². The first-order chi connectivity index (χ1) is 9.63. The predicted molar refractivity (Wildman–Crippen MR) is 91.6 cm³/mol. The summed E-state index contributed by atoms with van der Waals surface area (Å²) in [7, 11) is 2.19. The van der Waals surface area contributed by atoms with Crippen molar-refractivity contribution in [3.63, 3.8) is 0 Å². The molecule has 0 unspecified atom stereocenters. The number of thioether (sulfide) groups is 1. The SMILES string of the molecule is CN1CCN(CC2=C(Cl)c3cc(Br)ccc3SC2)CC1. The number of halogens is 2. The van der Waals surface area contributed by atoms with Gasteiger partial charge in [-0.1, -0.05) is 27.5 Å². The molecule has 5 heteroatoms. The van der Waals surface area contributed by atoms with Crippen LogP contribution in [0.25, 0.3) is 5.03 Å². The minimum atomic E-state index is 0.957. The van der Waals surface area contributed by atoms with Crippen molar-refractivity contribution >= 4 is 44.3 Å². The van der Waals surface area contributed by atoms with E-state index in [-0.39, 0.29) is 0 Å². The predicted octanol–water partition coefficient (Wildman–Crippen LogP) is 3.75. The maximum absolute atomic E-state index is 6.64. The lowest BCUT2D eigenvalue weighted by Crippen LogP contribution is -2.45. The van der Waals surface area contributed by atoms with Crippen molar-refractivity contribution in [2.45, 2.75) is 4.90 Å². The first-order valence-corrected chi connectivity index (χ1v) is 9.00. The summed E-state index contributed by atoms with van der Waals surface area (Å²) >= 11 is 12.1. The molecule has 0 amide bonds. The fourth-order valence-corrected chi connectivity index (χ4v) is 4.43. The van der Waals surface area contributed by atoms with Crippen LogP contribution in [0.2, 0.25) is 0 Å². The molecule has 0 saturated carbocycles. The Kier molecular flexibility index (Phi) is 4.78. The molecule has 0 spiro atoms. The van der Waals surface area contributed by atoms with E-state index in [0.717, 1.165) is 48.0 Å². The highest BCUT2D eigenvalue weighted by atomic mass is 79.9. The second-order valence-electron chi connectivity index (χ2n) is 5.43. The summed E-state index contributed by atoms with van der Waals surface area (Å²) in [5, 5.41) is 0.957. The number of benzene rings is 1. The average molecular weight is 374 g/mol. The molecule has 0 aliphatic carbocycles. The minimum Gasteiger partial charge on any atom is -0.304 e. The number of nitrogens with zero attached hydrogens (tertiary/aromatic N) is 2. The van der Waals surface area contributed by atoms with Crippen LogP contribution in [0.5, 0.6) is 0 Å². The standard InChI is InChI=1S/C15H18BrClN2S/c1-18-4-6-19(7-5-18)9-11-10-20-14-3-2-12(16)8-13(14)15(11)17/h2-3,8H,4-7,9-10H2,1H3. The Hall–Kier alpha value is -0.000000000000000111. The zero-order valence-corrected chi connectivity index (χ0v) is 14.7. The summed E-state index contributed by atoms with van der Waals surface area (Å²) in [6, 6.07) is 6.37. The van der Waals surface area contributed by atoms with Crippen LogP contribution in [0, 0.1) is 0 Å². The first-order valence-electron chi connectivity index (χ1n) is 6.84. The van der Waals surface area contributed by atoms with Crippen LogP contribution in [0.4, 0.5) is 0 Å². The molecule has 0 aromatic heterocycles. The Bertz CT molecular complexity index is 539. The molecule has 0 bridgehead atoms. The van der Waals surface area contributed by atoms with Crippen LogP contribution in [-0.4, -0.2) is 55.3 Å². The molecule has 2 heterocycles. The zero-order valence-electron chi connectivity index (χ0n) is 11.5. The van der Waals surface area contributed by atoms with Gasteiger partial charge in [-0.2, -0.15) is 0 Å². The highest BCUT2D eigenvalue weighted by Gasteiger charge is 2.21. The van der Waals surface area contributed by atoms with Crippen molar-refractivity contribution in [1.82, 2.24) is 9.80 Å². The third-order valence-electron chi connectivity index (χ3n) is 3.90. The van der Waals surface area contributed by atoms with Crippen LogP contribution in [0.1, 0.15) is 5.56 Å². The lowest BCUT2D eigenvalue weighted by Gasteiger charge is -2.33. The van der Waals surface area contributed by atoms with Crippen molar-refractivity contribution in [2.24, 2.45) is 0 Å². The van der Waals surface area contributed by atoms with Gasteiger partial charge in [-0.25, -0.2) is 0 Å². The Morgan fingerprint density at radius 1 is 1.25 bits per heavy atom. The van der Waals surface area contributed by atoms with E-state index in [9.17, 15) is 0 Å². The van der Waals surface area contributed by atoms with Crippen LogP contribution in [0.3, 0.4) is 0 Å². The van der Waals surface area contributed by atoms with E-state index in [0.29, 0.717) is 0 Å². The normalized spacial score (nSPS) is 21.1. The third-order valence-corrected chi connectivity index (χ3v) is 6.02. The Labute approximate surface area is 138 Å². The average Bonchev–Trinajstić information content (AvgIpc) is 2.45. The molecule has 0 N–H and O–H groups in total. The van der Waals surface area contributed by atoms with Gasteiger partial charge in [0.1, 0.15) is 0 Å². The van der Waals surface area contributed by atoms with E-state index in [4.69, 9.17) is 11.6 Å². The van der Waals surface area contributed by atoms with Gasteiger partial charge < -0.3 is 4.90 Å². The number of likely N-dealkylation sites (N-methyl/N-ethyl adjacent to an activating group) is 1. The van der Waals surface area contributed by atoms with E-state index in [1.165, 1.54) is 16.0 Å². The van der Waals surface area contributed by atoms with Gasteiger partial charge in [0.05, 0.1) is 5.03 Å². The molecule has 2 nitrogen and oxygen atoms in total. The van der Waals surface area contributed by atoms with Crippen molar-refractivity contribution in [2.75, 3.05) is 45.5 Å². The second-order valence-corrected chi connectivity index (χ2v) is 7.74. The summed E-state index contributed by atoms with van der Waals surface area (Å²) in [5.41, 5.74) is 2.55. The van der Waals surface area contributed by atoms with Crippen LogP contribution in [-0.2, 0) is 0 Å². The van der Waals surface area contributed by atoms with Gasteiger partial charge in [-0.3, -0.25) is 4.90 Å². The number of hydrogen-bond donors (Lipinski definition) is 0. The van der Waals surface area contributed by atoms with Gasteiger partial charge in [0.2, 0.25) is 0 Å². The fourth-order valence-electron chi connectivity index (χ4n) is 2.61. The van der Waals surface area contributed by atoms with Gasteiger partial charge in [-0.15, -0.1) is 11.8 Å². The Morgan fingerprint density at radius 2 is 2.00 bits per heavy atom. The second kappa shape index (κ2) is 6.41. The fraction of sp³-hybridized carbons (Fsp3) is 0.467. The Balaban J connectivity index is 1.78. The van der Waals surface area contributed by atoms with E-state index >= 15 is 0 Å². The first kappa shape index (κ1) is 14.9. The molecule has 2 aliphatic heterocycles. The van der Waals surface area contributed by atoms with Gasteiger partial charge in [0.15, 0.2) is 0 Å². The molecule has 20 heavy (non-hydrogen) atoms. The van der Waals surface area contributed by atoms with Crippen LogP contribution < -0.4 is 0 Å². The number of hydrogen-bond acceptors (Lipinski definition) is 3. The molecule has 2 aliphatic rings. The zero-order chi connectivity index (χ0) is 14.1. The van der Waals surface area contributed by atoms with E-state index in [1.54, 1.807) is 0 Å². The molecule has 108 valence electrons. The molecule has 3 rings (SSSR count). The van der Waals surface area contributed by atoms with Crippen molar-refractivity contribution in [3.8, 4) is 0 Å². The van der Waals surface area contributed by atoms with E-state index < -0.39 is 0 Å². The monoisotopic (exact) mass is 372 g/mol. The molecule has 1 fully saturated rings. The van der Waals surface area contributed by atoms with Gasteiger partial charge in [-0.05, 0) is 30.8 Å². The van der Waals surface area contributed by atoms with E-state index in [1.807, 2.05) is 11.8 Å². The molecule has 0 atom stereocenters. The highest BCUT2D eigenvalue weighted by molar-refractivity contribution is 9.10. The number of fused-ring (bicyclic) bond motifs is 1. The van der Waals surface area contributed by atoms with Crippen molar-refractivity contribution in [1.29, 1.82) is 0 Å². The molecular formula is C15H18BrClN2S. The lowest BCUT2D eigenvalue weighted by atomic mass is 10.1.